The number of unbranched alkanes of at least 4 members (excludes halogenated alkanes) is 14. The fourth-order valence-corrected chi connectivity index (χ4v) is 8.09. The number of benzene rings is 2. The minimum absolute atomic E-state index is 0.0537. The van der Waals surface area contributed by atoms with Crippen molar-refractivity contribution in [1.82, 2.24) is 9.88 Å². The number of aromatic nitrogens is 1. The van der Waals surface area contributed by atoms with E-state index >= 15 is 0 Å². The van der Waals surface area contributed by atoms with Gasteiger partial charge in [0.2, 0.25) is 5.91 Å². The van der Waals surface area contributed by atoms with E-state index in [-0.39, 0.29) is 38.3 Å². The molecule has 3 aromatic rings. The third-order valence-electron chi connectivity index (χ3n) is 11.0. The lowest BCUT2D eigenvalue weighted by Crippen LogP contribution is -2.37. The number of carbonyl (C=O) groups is 4. The molecule has 0 saturated carbocycles. The summed E-state index contributed by atoms with van der Waals surface area (Å²) in [5.74, 6) is -1.37. The average Bonchev–Trinajstić information content (AvgIpc) is 3.51. The molecule has 1 unspecified atom stereocenters. The third kappa shape index (κ3) is 21.0. The van der Waals surface area contributed by atoms with E-state index in [4.69, 9.17) is 34.9 Å². The van der Waals surface area contributed by atoms with Gasteiger partial charge in [0.1, 0.15) is 25.5 Å². The van der Waals surface area contributed by atoms with E-state index in [1.54, 1.807) is 54.0 Å². The number of halogens is 1. The SMILES string of the molecule is CCCCCCCCCCCCCCCCCC(=O)OC[C@H](COP(=O)(O)OCC[N+](C)(C)C)OC(=O)CCNC(=O)Cc1c(C)n(C(=O)c2ccc(Cl)cc2)c2ccc(OC)cc12. The molecule has 1 amide bonds. The van der Waals surface area contributed by atoms with E-state index in [9.17, 15) is 28.6 Å². The van der Waals surface area contributed by atoms with Crippen molar-refractivity contribution in [2.45, 2.75) is 136 Å². The van der Waals surface area contributed by atoms with Gasteiger partial charge in [0.15, 0.2) is 6.10 Å². The van der Waals surface area contributed by atoms with Crippen molar-refractivity contribution in [2.75, 3.05) is 61.2 Å². The van der Waals surface area contributed by atoms with Gasteiger partial charge in [-0.3, -0.25) is 32.8 Å². The van der Waals surface area contributed by atoms with E-state index in [2.05, 4.69) is 12.2 Å². The highest BCUT2D eigenvalue weighted by Gasteiger charge is 2.27. The third-order valence-corrected chi connectivity index (χ3v) is 12.2. The van der Waals surface area contributed by atoms with Gasteiger partial charge in [-0.15, -0.1) is 0 Å². The number of methoxy groups -OCH3 is 1. The molecule has 0 radical (unpaired) electrons. The highest BCUT2D eigenvalue weighted by Crippen LogP contribution is 2.43. The van der Waals surface area contributed by atoms with E-state index in [1.807, 2.05) is 21.1 Å². The Labute approximate surface area is 385 Å². The van der Waals surface area contributed by atoms with Crippen LogP contribution >= 0.6 is 19.4 Å². The summed E-state index contributed by atoms with van der Waals surface area (Å²) in [5.41, 5.74) is 2.19. The quantitative estimate of drug-likeness (QED) is 0.0258. The predicted octanol–water partition coefficient (Wildman–Crippen LogP) is 9.91. The van der Waals surface area contributed by atoms with Crippen LogP contribution in [0.3, 0.4) is 0 Å². The van der Waals surface area contributed by atoms with Gasteiger partial charge < -0.3 is 28.9 Å². The Hall–Kier alpha value is -3.78. The minimum Gasteiger partial charge on any atom is -0.497 e. The number of ether oxygens (including phenoxy) is 3. The number of hydrogen-bond acceptors (Lipinski definition) is 10. The maximum atomic E-state index is 13.7. The molecule has 64 heavy (non-hydrogen) atoms. The molecule has 1 aromatic heterocycles. The Morgan fingerprint density at radius 3 is 1.97 bits per heavy atom. The molecule has 0 aliphatic heterocycles. The van der Waals surface area contributed by atoms with Crippen LogP contribution < -0.4 is 10.1 Å². The van der Waals surface area contributed by atoms with Gasteiger partial charge in [-0.1, -0.05) is 108 Å². The summed E-state index contributed by atoms with van der Waals surface area (Å²) in [7, 11) is 2.72. The highest BCUT2D eigenvalue weighted by molar-refractivity contribution is 7.47. The Morgan fingerprint density at radius 1 is 0.797 bits per heavy atom. The van der Waals surface area contributed by atoms with Gasteiger partial charge in [0, 0.05) is 34.6 Å². The van der Waals surface area contributed by atoms with Gasteiger partial charge >= 0.3 is 19.8 Å². The Morgan fingerprint density at radius 2 is 1.39 bits per heavy atom. The smallest absolute Gasteiger partial charge is 0.472 e. The fourth-order valence-electron chi connectivity index (χ4n) is 7.23. The number of carbonyl (C=O) groups excluding carboxylic acids is 4. The second kappa shape index (κ2) is 29.0. The van der Waals surface area contributed by atoms with Crippen LogP contribution in [0, 0.1) is 6.92 Å². The Bertz CT molecular complexity index is 1950. The maximum Gasteiger partial charge on any atom is 0.472 e. The van der Waals surface area contributed by atoms with Crippen LogP contribution in [0.2, 0.25) is 5.02 Å². The van der Waals surface area contributed by atoms with Crippen LogP contribution in [0.25, 0.3) is 10.9 Å². The number of hydrogen-bond donors (Lipinski definition) is 2. The molecular weight excluding hydrogens is 861 g/mol. The van der Waals surface area contributed by atoms with Gasteiger partial charge in [0.25, 0.3) is 5.91 Å². The van der Waals surface area contributed by atoms with Crippen molar-refractivity contribution in [3.05, 3.63) is 64.3 Å². The number of phosphoric acid groups is 1. The maximum absolute atomic E-state index is 13.7. The summed E-state index contributed by atoms with van der Waals surface area (Å²) in [6.07, 6.45) is 16.8. The molecule has 0 fully saturated rings. The number of fused-ring (bicyclic) bond motifs is 1. The van der Waals surface area contributed by atoms with Crippen molar-refractivity contribution < 1.29 is 56.4 Å². The molecule has 0 saturated heterocycles. The summed E-state index contributed by atoms with van der Waals surface area (Å²) in [5, 5.41) is 3.89. The molecular formula is C48H74ClN3O11P+. The van der Waals surface area contributed by atoms with E-state index < -0.39 is 45.0 Å². The Balaban J connectivity index is 1.49. The average molecular weight is 936 g/mol. The molecule has 2 N–H and O–H groups in total. The summed E-state index contributed by atoms with van der Waals surface area (Å²) < 4.78 is 41.3. The second-order valence-corrected chi connectivity index (χ2v) is 19.4. The van der Waals surface area contributed by atoms with Crippen LogP contribution in [0.5, 0.6) is 5.75 Å². The monoisotopic (exact) mass is 934 g/mol. The van der Waals surface area contributed by atoms with Crippen molar-refractivity contribution >= 4 is 54.1 Å². The van der Waals surface area contributed by atoms with Crippen LogP contribution in [0.4, 0.5) is 0 Å². The first-order valence-electron chi connectivity index (χ1n) is 23.1. The van der Waals surface area contributed by atoms with Gasteiger partial charge in [-0.2, -0.15) is 0 Å². The van der Waals surface area contributed by atoms with E-state index in [1.165, 1.54) is 77.7 Å². The number of amides is 1. The zero-order chi connectivity index (χ0) is 47.0. The standard InChI is InChI=1S/C48H73ClN3O11P/c1-7-8-9-10-11-12-13-14-15-16-17-18-19-20-21-22-46(54)60-35-41(36-62-64(57,58)61-32-31-52(3,4)5)63-47(55)29-30-50-45(53)34-42-37(2)51(44-28-27-40(59-6)33-43(42)44)48(56)38-23-25-39(49)26-24-38/h23-28,33,41H,7-22,29-32,34-36H2,1-6H3,(H-,50,53,57,58)/p+1/t41-/m1/s1. The number of quaternary nitrogens is 1. The first-order valence-corrected chi connectivity index (χ1v) is 24.9. The lowest BCUT2D eigenvalue weighted by Gasteiger charge is -2.24. The molecule has 2 aromatic carbocycles. The van der Waals surface area contributed by atoms with E-state index in [0.717, 1.165) is 19.3 Å². The van der Waals surface area contributed by atoms with Gasteiger partial charge in [-0.05, 0) is 61.4 Å². The van der Waals surface area contributed by atoms with Crippen LogP contribution in [-0.4, -0.2) is 105 Å². The molecule has 0 spiro atoms. The second-order valence-electron chi connectivity index (χ2n) is 17.5. The van der Waals surface area contributed by atoms with Crippen molar-refractivity contribution in [3.8, 4) is 5.75 Å². The van der Waals surface area contributed by atoms with Crippen LogP contribution in [0.15, 0.2) is 42.5 Å². The summed E-state index contributed by atoms with van der Waals surface area (Å²) in [4.78, 5) is 62.9. The number of nitrogens with one attached hydrogen (secondary N) is 1. The largest absolute Gasteiger partial charge is 0.497 e. The molecule has 3 rings (SSSR count). The minimum atomic E-state index is -4.52. The van der Waals surface area contributed by atoms with Crippen molar-refractivity contribution in [1.29, 1.82) is 0 Å². The molecule has 14 nitrogen and oxygen atoms in total. The topological polar surface area (TPSA) is 169 Å². The fraction of sp³-hybridized carbons (Fsp3) is 0.625. The van der Waals surface area contributed by atoms with Crippen molar-refractivity contribution in [3.63, 3.8) is 0 Å². The lowest BCUT2D eigenvalue weighted by molar-refractivity contribution is -0.870. The molecule has 1 heterocycles. The number of phosphoric ester groups is 1. The lowest BCUT2D eigenvalue weighted by atomic mass is 10.0. The van der Waals surface area contributed by atoms with Crippen LogP contribution in [0.1, 0.15) is 138 Å². The first kappa shape index (κ1) is 54.6. The van der Waals surface area contributed by atoms with Gasteiger partial charge in [-0.25, -0.2) is 4.57 Å². The zero-order valence-corrected chi connectivity index (χ0v) is 40.8. The number of esters is 2. The van der Waals surface area contributed by atoms with E-state index in [0.29, 0.717) is 55.9 Å². The Kier molecular flexibility index (Phi) is 24.7. The molecule has 0 bridgehead atoms. The van der Waals surface area contributed by atoms with Gasteiger partial charge in [0.05, 0.1) is 53.2 Å². The summed E-state index contributed by atoms with van der Waals surface area (Å²) in [6, 6.07) is 11.8. The molecule has 16 heteroatoms. The molecule has 358 valence electrons. The van der Waals surface area contributed by atoms with Crippen LogP contribution in [-0.2, 0) is 43.9 Å². The predicted molar refractivity (Wildman–Crippen MR) is 251 cm³/mol. The summed E-state index contributed by atoms with van der Waals surface area (Å²) in [6.45, 7) is 3.33. The molecule has 0 aliphatic rings. The zero-order valence-electron chi connectivity index (χ0n) is 39.1. The normalized spacial score (nSPS) is 13.1. The molecule has 0 aliphatic carbocycles. The highest BCUT2D eigenvalue weighted by atomic mass is 35.5. The number of nitrogens with zero attached hydrogens (tertiary/aromatic N) is 2. The number of rotatable bonds is 33. The summed E-state index contributed by atoms with van der Waals surface area (Å²) >= 11 is 6.05. The first-order chi connectivity index (χ1) is 30.5. The number of likely N-dealkylation sites (N-methyl/N-ethyl adjacent to an activating group) is 1. The molecule has 2 atom stereocenters. The van der Waals surface area contributed by atoms with Crippen molar-refractivity contribution in [2.24, 2.45) is 0 Å².